The minimum absolute atomic E-state index is 0.0368. The van der Waals surface area contributed by atoms with Gasteiger partial charge >= 0.3 is 10.1 Å². The Balaban J connectivity index is 2.29. The summed E-state index contributed by atoms with van der Waals surface area (Å²) in [5.41, 5.74) is 1.10. The van der Waals surface area contributed by atoms with Crippen LogP contribution in [0.1, 0.15) is 11.1 Å². The number of hydrogen-bond acceptors (Lipinski definition) is 5. The van der Waals surface area contributed by atoms with E-state index in [-0.39, 0.29) is 10.6 Å². The van der Waals surface area contributed by atoms with Gasteiger partial charge in [-0.05, 0) is 31.2 Å². The molecule has 0 saturated heterocycles. The molecule has 0 aliphatic carbocycles. The molecule has 0 amide bonds. The summed E-state index contributed by atoms with van der Waals surface area (Å²) in [6.07, 6.45) is 0. The zero-order valence-corrected chi connectivity index (χ0v) is 13.1. The first kappa shape index (κ1) is 16.0. The van der Waals surface area contributed by atoms with Crippen molar-refractivity contribution >= 4 is 27.4 Å². The standard InChI is InChI=1S/C15H11ClN2O3S/c1-11-5-7-14(8-6-11)22(19,20)21-18-15(10-17)12-3-2-4-13(16)9-12/h2-9H,1H3. The van der Waals surface area contributed by atoms with Gasteiger partial charge in [-0.2, -0.15) is 13.7 Å². The lowest BCUT2D eigenvalue weighted by molar-refractivity contribution is 0.339. The summed E-state index contributed by atoms with van der Waals surface area (Å²) in [4.78, 5) is -0.0368. The summed E-state index contributed by atoms with van der Waals surface area (Å²) in [5.74, 6) is 0. The summed E-state index contributed by atoms with van der Waals surface area (Å²) in [7, 11) is -4.07. The minimum Gasteiger partial charge on any atom is -0.263 e. The largest absolute Gasteiger partial charge is 0.358 e. The van der Waals surface area contributed by atoms with Gasteiger partial charge in [-0.25, -0.2) is 0 Å². The Kier molecular flexibility index (Phi) is 4.81. The van der Waals surface area contributed by atoms with Gasteiger partial charge in [0.2, 0.25) is 0 Å². The second-order valence-electron chi connectivity index (χ2n) is 4.40. The number of rotatable bonds is 4. The lowest BCUT2D eigenvalue weighted by Gasteiger charge is -2.03. The maximum Gasteiger partial charge on any atom is 0.358 e. The smallest absolute Gasteiger partial charge is 0.263 e. The van der Waals surface area contributed by atoms with Gasteiger partial charge in [0.25, 0.3) is 0 Å². The van der Waals surface area contributed by atoms with E-state index in [1.165, 1.54) is 18.2 Å². The fraction of sp³-hybridized carbons (Fsp3) is 0.0667. The molecule has 7 heteroatoms. The third kappa shape index (κ3) is 3.85. The van der Waals surface area contributed by atoms with Crippen LogP contribution in [0.3, 0.4) is 0 Å². The number of nitriles is 1. The minimum atomic E-state index is -4.07. The second-order valence-corrected chi connectivity index (χ2v) is 6.37. The topological polar surface area (TPSA) is 79.5 Å². The van der Waals surface area contributed by atoms with E-state index in [2.05, 4.69) is 9.44 Å². The average Bonchev–Trinajstić information content (AvgIpc) is 2.48. The fourth-order valence-corrected chi connectivity index (χ4v) is 2.53. The number of oxime groups is 1. The molecule has 112 valence electrons. The van der Waals surface area contributed by atoms with Crippen molar-refractivity contribution in [2.75, 3.05) is 0 Å². The van der Waals surface area contributed by atoms with E-state index >= 15 is 0 Å². The number of halogens is 1. The first-order chi connectivity index (χ1) is 10.4. The molecule has 0 fully saturated rings. The summed E-state index contributed by atoms with van der Waals surface area (Å²) < 4.78 is 28.6. The Morgan fingerprint density at radius 2 is 1.91 bits per heavy atom. The van der Waals surface area contributed by atoms with E-state index in [1.807, 2.05) is 6.92 Å². The first-order valence-electron chi connectivity index (χ1n) is 6.17. The molecular weight excluding hydrogens is 324 g/mol. The van der Waals surface area contributed by atoms with Crippen molar-refractivity contribution in [1.29, 1.82) is 5.26 Å². The molecule has 0 aromatic heterocycles. The molecule has 0 unspecified atom stereocenters. The van der Waals surface area contributed by atoms with Crippen LogP contribution in [0.25, 0.3) is 0 Å². The molecule has 2 aromatic carbocycles. The average molecular weight is 335 g/mol. The summed E-state index contributed by atoms with van der Waals surface area (Å²) in [5, 5.41) is 12.9. The molecule has 0 aliphatic heterocycles. The fourth-order valence-electron chi connectivity index (χ4n) is 1.61. The molecular formula is C15H11ClN2O3S. The predicted molar refractivity (Wildman–Crippen MR) is 83.1 cm³/mol. The van der Waals surface area contributed by atoms with Crippen molar-refractivity contribution in [3.8, 4) is 6.07 Å². The lowest BCUT2D eigenvalue weighted by Crippen LogP contribution is -2.06. The highest BCUT2D eigenvalue weighted by molar-refractivity contribution is 7.86. The summed E-state index contributed by atoms with van der Waals surface area (Å²) in [6.45, 7) is 1.84. The van der Waals surface area contributed by atoms with Crippen LogP contribution in [-0.2, 0) is 14.4 Å². The van der Waals surface area contributed by atoms with Crippen molar-refractivity contribution in [2.45, 2.75) is 11.8 Å². The maximum atomic E-state index is 12.0. The van der Waals surface area contributed by atoms with E-state index in [1.54, 1.807) is 36.4 Å². The SMILES string of the molecule is Cc1ccc(S(=O)(=O)ON=C(C#N)c2cccc(Cl)c2)cc1. The molecule has 2 aromatic rings. The molecule has 2 rings (SSSR count). The predicted octanol–water partition coefficient (Wildman–Crippen LogP) is 3.28. The van der Waals surface area contributed by atoms with Crippen molar-refractivity contribution in [2.24, 2.45) is 5.16 Å². The Hall–Kier alpha value is -2.36. The third-order valence-corrected chi connectivity index (χ3v) is 4.10. The van der Waals surface area contributed by atoms with Crippen LogP contribution in [0.5, 0.6) is 0 Å². The van der Waals surface area contributed by atoms with Crippen LogP contribution in [0.2, 0.25) is 5.02 Å². The van der Waals surface area contributed by atoms with Crippen LogP contribution < -0.4 is 0 Å². The molecule has 0 heterocycles. The number of nitrogens with zero attached hydrogens (tertiary/aromatic N) is 2. The Morgan fingerprint density at radius 1 is 1.23 bits per heavy atom. The van der Waals surface area contributed by atoms with Gasteiger partial charge in [-0.15, -0.1) is 0 Å². The zero-order valence-electron chi connectivity index (χ0n) is 11.5. The van der Waals surface area contributed by atoms with Crippen LogP contribution in [-0.4, -0.2) is 14.1 Å². The normalized spacial score (nSPS) is 11.8. The third-order valence-electron chi connectivity index (χ3n) is 2.74. The second kappa shape index (κ2) is 6.60. The first-order valence-corrected chi connectivity index (χ1v) is 7.95. The van der Waals surface area contributed by atoms with Gasteiger partial charge in [0.05, 0.1) is 0 Å². The van der Waals surface area contributed by atoms with E-state index in [4.69, 9.17) is 16.9 Å². The van der Waals surface area contributed by atoms with Gasteiger partial charge in [0.1, 0.15) is 11.0 Å². The number of benzene rings is 2. The molecule has 0 N–H and O–H groups in total. The van der Waals surface area contributed by atoms with Crippen LogP contribution in [0.4, 0.5) is 0 Å². The molecule has 0 radical (unpaired) electrons. The highest BCUT2D eigenvalue weighted by Crippen LogP contribution is 2.15. The quantitative estimate of drug-likeness (QED) is 0.634. The Bertz CT molecular complexity index is 853. The maximum absolute atomic E-state index is 12.0. The van der Waals surface area contributed by atoms with E-state index in [0.29, 0.717) is 10.6 Å². The van der Waals surface area contributed by atoms with Gasteiger partial charge < -0.3 is 0 Å². The number of aryl methyl sites for hydroxylation is 1. The molecule has 0 aliphatic rings. The van der Waals surface area contributed by atoms with E-state index in [0.717, 1.165) is 5.56 Å². The van der Waals surface area contributed by atoms with E-state index < -0.39 is 10.1 Å². The highest BCUT2D eigenvalue weighted by atomic mass is 35.5. The Morgan fingerprint density at radius 3 is 2.50 bits per heavy atom. The van der Waals surface area contributed by atoms with Gasteiger partial charge in [0.15, 0.2) is 5.71 Å². The van der Waals surface area contributed by atoms with Gasteiger partial charge in [-0.3, -0.25) is 4.28 Å². The molecule has 5 nitrogen and oxygen atoms in total. The van der Waals surface area contributed by atoms with Crippen molar-refractivity contribution in [3.05, 3.63) is 64.7 Å². The molecule has 0 spiro atoms. The molecule has 22 heavy (non-hydrogen) atoms. The monoisotopic (exact) mass is 334 g/mol. The van der Waals surface area contributed by atoms with Gasteiger partial charge in [0, 0.05) is 10.6 Å². The zero-order chi connectivity index (χ0) is 16.2. The summed E-state index contributed by atoms with van der Waals surface area (Å²) >= 11 is 5.82. The van der Waals surface area contributed by atoms with Gasteiger partial charge in [-0.1, -0.05) is 46.6 Å². The highest BCUT2D eigenvalue weighted by Gasteiger charge is 2.16. The molecule has 0 atom stereocenters. The lowest BCUT2D eigenvalue weighted by atomic mass is 10.1. The van der Waals surface area contributed by atoms with Crippen LogP contribution in [0.15, 0.2) is 58.6 Å². The van der Waals surface area contributed by atoms with Crippen molar-refractivity contribution in [1.82, 2.24) is 0 Å². The summed E-state index contributed by atoms with van der Waals surface area (Å²) in [6, 6.07) is 14.2. The van der Waals surface area contributed by atoms with Crippen LogP contribution >= 0.6 is 11.6 Å². The molecule has 0 bridgehead atoms. The molecule has 0 saturated carbocycles. The van der Waals surface area contributed by atoms with Crippen molar-refractivity contribution < 1.29 is 12.7 Å². The van der Waals surface area contributed by atoms with Crippen molar-refractivity contribution in [3.63, 3.8) is 0 Å². The number of hydrogen-bond donors (Lipinski definition) is 0. The van der Waals surface area contributed by atoms with E-state index in [9.17, 15) is 8.42 Å². The van der Waals surface area contributed by atoms with Crippen LogP contribution in [0, 0.1) is 18.3 Å². The Labute approximate surface area is 133 Å².